The molecule has 0 saturated carbocycles. The smallest absolute Gasteiger partial charge is 0.338 e. The number of aromatic nitrogens is 1. The lowest BCUT2D eigenvalue weighted by Gasteiger charge is -2.26. The number of carbonyl (C=O) groups excluding carboxylic acids is 1. The minimum atomic E-state index is -0.784. The maximum absolute atomic E-state index is 13.9. The van der Waals surface area contributed by atoms with Crippen LogP contribution in [-0.2, 0) is 9.53 Å². The number of ether oxygens (including phenoxy) is 3. The summed E-state index contributed by atoms with van der Waals surface area (Å²) in [5.74, 6) is 0.333. The van der Waals surface area contributed by atoms with E-state index >= 15 is 0 Å². The average Bonchev–Trinajstić information content (AvgIpc) is 3.16. The predicted octanol–water partition coefficient (Wildman–Crippen LogP) is 4.45. The molecule has 200 valence electrons. The lowest BCUT2D eigenvalue weighted by molar-refractivity contribution is -0.139. The van der Waals surface area contributed by atoms with Gasteiger partial charge in [0.2, 0.25) is 0 Å². The van der Waals surface area contributed by atoms with Gasteiger partial charge in [-0.2, -0.15) is 0 Å². The number of allylic oxidation sites excluding steroid dienone is 1. The zero-order valence-electron chi connectivity index (χ0n) is 21.8. The van der Waals surface area contributed by atoms with Gasteiger partial charge in [-0.1, -0.05) is 29.5 Å². The number of hydrogen-bond acceptors (Lipinski definition) is 8. The third-order valence-corrected chi connectivity index (χ3v) is 7.33. The monoisotopic (exact) mass is 600 g/mol. The van der Waals surface area contributed by atoms with Gasteiger partial charge in [-0.15, -0.1) is 0 Å². The largest absolute Gasteiger partial charge is 0.503 e. The molecule has 1 atom stereocenters. The number of phenolic OH excluding ortho intramolecular Hbond substituents is 1. The molecule has 4 rings (SSSR count). The fourth-order valence-corrected chi connectivity index (χ4v) is 5.75. The number of rotatable bonds is 8. The summed E-state index contributed by atoms with van der Waals surface area (Å²) < 4.78 is 19.4. The predicted molar refractivity (Wildman–Crippen MR) is 150 cm³/mol. The van der Waals surface area contributed by atoms with Crippen LogP contribution >= 0.6 is 27.3 Å². The second kappa shape index (κ2) is 11.6. The van der Waals surface area contributed by atoms with Crippen LogP contribution in [0.3, 0.4) is 0 Å². The van der Waals surface area contributed by atoms with E-state index in [1.54, 1.807) is 32.1 Å². The van der Waals surface area contributed by atoms with Gasteiger partial charge in [0.1, 0.15) is 11.8 Å². The molecular weight excluding hydrogens is 572 g/mol. The van der Waals surface area contributed by atoms with Gasteiger partial charge in [0.25, 0.3) is 5.56 Å². The third kappa shape index (κ3) is 5.42. The summed E-state index contributed by atoms with van der Waals surface area (Å²) in [7, 11) is 0. The van der Waals surface area contributed by atoms with Gasteiger partial charge in [0.05, 0.1) is 39.6 Å². The molecule has 8 nitrogen and oxygen atoms in total. The van der Waals surface area contributed by atoms with Gasteiger partial charge in [-0.3, -0.25) is 9.36 Å². The summed E-state index contributed by atoms with van der Waals surface area (Å²) in [5, 5.41) is 10.3. The van der Waals surface area contributed by atoms with E-state index in [4.69, 9.17) is 14.2 Å². The second-order valence-electron chi connectivity index (χ2n) is 8.79. The Balaban J connectivity index is 1.97. The number of phenols is 1. The molecule has 0 amide bonds. The maximum atomic E-state index is 13.9. The second-order valence-corrected chi connectivity index (χ2v) is 10.7. The van der Waals surface area contributed by atoms with E-state index in [0.717, 1.165) is 0 Å². The normalized spacial score (nSPS) is 15.3. The van der Waals surface area contributed by atoms with E-state index in [9.17, 15) is 14.7 Å². The highest BCUT2D eigenvalue weighted by molar-refractivity contribution is 9.10. The van der Waals surface area contributed by atoms with E-state index < -0.39 is 12.0 Å². The highest BCUT2D eigenvalue weighted by atomic mass is 79.9. The molecule has 1 aliphatic rings. The molecule has 1 aromatic heterocycles. The van der Waals surface area contributed by atoms with Crippen LogP contribution in [0.5, 0.6) is 17.2 Å². The van der Waals surface area contributed by atoms with Crippen LogP contribution in [0.1, 0.15) is 51.8 Å². The van der Waals surface area contributed by atoms with Crippen molar-refractivity contribution in [2.75, 3.05) is 13.2 Å². The fraction of sp³-hybridized carbons (Fsp3) is 0.321. The van der Waals surface area contributed by atoms with Crippen molar-refractivity contribution in [1.29, 1.82) is 0 Å². The van der Waals surface area contributed by atoms with E-state index in [1.807, 2.05) is 45.0 Å². The van der Waals surface area contributed by atoms with E-state index in [2.05, 4.69) is 20.9 Å². The Morgan fingerprint density at radius 3 is 2.63 bits per heavy atom. The van der Waals surface area contributed by atoms with Crippen molar-refractivity contribution in [3.05, 3.63) is 83.0 Å². The Morgan fingerprint density at radius 1 is 1.21 bits per heavy atom. The number of nitrogens with zero attached hydrogens (tertiary/aromatic N) is 2. The van der Waals surface area contributed by atoms with E-state index in [1.165, 1.54) is 15.9 Å². The van der Waals surface area contributed by atoms with Gasteiger partial charge >= 0.3 is 5.97 Å². The molecule has 1 aliphatic heterocycles. The average molecular weight is 602 g/mol. The Bertz CT molecular complexity index is 1590. The zero-order valence-corrected chi connectivity index (χ0v) is 24.2. The van der Waals surface area contributed by atoms with Crippen molar-refractivity contribution in [3.8, 4) is 17.2 Å². The van der Waals surface area contributed by atoms with Crippen molar-refractivity contribution >= 4 is 39.3 Å². The summed E-state index contributed by atoms with van der Waals surface area (Å²) >= 11 is 4.57. The SMILES string of the molecule is CCOC(=O)C1=C(C)N=c2s/c(=C\c3cc(Br)c(O)c(OCC)c3)c(=O)n2[C@@H]1c1ccccc1OC(C)C. The topological polar surface area (TPSA) is 99.4 Å². The standard InChI is InChI=1S/C28H29BrN2O6S/c1-6-35-21-13-17(12-19(29)25(21)32)14-22-26(33)31-24(18-10-8-9-11-20(18)37-15(3)4)23(27(34)36-7-2)16(5)30-28(31)38-22/h8-15,24,32H,6-7H2,1-5H3/b22-14-/t24-/m1/s1. The molecule has 3 aromatic rings. The number of carbonyl (C=O) groups is 1. The molecule has 0 saturated heterocycles. The van der Waals surface area contributed by atoms with Crippen molar-refractivity contribution < 1.29 is 24.1 Å². The maximum Gasteiger partial charge on any atom is 0.338 e. The molecule has 2 heterocycles. The molecule has 0 bridgehead atoms. The van der Waals surface area contributed by atoms with Crippen LogP contribution in [0.25, 0.3) is 6.08 Å². The minimum Gasteiger partial charge on any atom is -0.503 e. The first-order valence-electron chi connectivity index (χ1n) is 12.3. The highest BCUT2D eigenvalue weighted by Crippen LogP contribution is 2.37. The van der Waals surface area contributed by atoms with Crippen LogP contribution < -0.4 is 24.4 Å². The first-order chi connectivity index (χ1) is 18.2. The number of halogens is 1. The number of para-hydroxylation sites is 1. The Kier molecular flexibility index (Phi) is 8.42. The number of esters is 1. The lowest BCUT2D eigenvalue weighted by atomic mass is 9.95. The first-order valence-corrected chi connectivity index (χ1v) is 13.9. The molecule has 2 aromatic carbocycles. The van der Waals surface area contributed by atoms with Gasteiger partial charge in [0.15, 0.2) is 16.3 Å². The molecular formula is C28H29BrN2O6S. The summed E-state index contributed by atoms with van der Waals surface area (Å²) in [6.07, 6.45) is 1.60. The van der Waals surface area contributed by atoms with Crippen LogP contribution in [-0.4, -0.2) is 35.0 Å². The van der Waals surface area contributed by atoms with Crippen molar-refractivity contribution in [3.63, 3.8) is 0 Å². The highest BCUT2D eigenvalue weighted by Gasteiger charge is 2.35. The number of thiazole rings is 1. The Labute approximate surface area is 232 Å². The number of aromatic hydroxyl groups is 1. The van der Waals surface area contributed by atoms with Crippen LogP contribution in [0, 0.1) is 0 Å². The summed E-state index contributed by atoms with van der Waals surface area (Å²) in [6, 6.07) is 9.96. The number of fused-ring (bicyclic) bond motifs is 1. The third-order valence-electron chi connectivity index (χ3n) is 5.74. The fourth-order valence-electron chi connectivity index (χ4n) is 4.25. The minimum absolute atomic E-state index is 0.0121. The van der Waals surface area contributed by atoms with Gasteiger partial charge in [-0.05, 0) is 80.4 Å². The van der Waals surface area contributed by atoms with Crippen molar-refractivity contribution in [2.24, 2.45) is 4.99 Å². The van der Waals surface area contributed by atoms with Gasteiger partial charge < -0.3 is 19.3 Å². The molecule has 0 spiro atoms. The molecule has 0 aliphatic carbocycles. The van der Waals surface area contributed by atoms with Crippen LogP contribution in [0.15, 0.2) is 61.9 Å². The quantitative estimate of drug-likeness (QED) is 0.383. The molecule has 0 radical (unpaired) electrons. The van der Waals surface area contributed by atoms with Gasteiger partial charge in [-0.25, -0.2) is 9.79 Å². The van der Waals surface area contributed by atoms with E-state index in [0.29, 0.717) is 48.7 Å². The van der Waals surface area contributed by atoms with Crippen molar-refractivity contribution in [1.82, 2.24) is 4.57 Å². The van der Waals surface area contributed by atoms with Crippen LogP contribution in [0.4, 0.5) is 0 Å². The van der Waals surface area contributed by atoms with Crippen molar-refractivity contribution in [2.45, 2.75) is 46.8 Å². The van der Waals surface area contributed by atoms with Crippen LogP contribution in [0.2, 0.25) is 0 Å². The molecule has 1 N–H and O–H groups in total. The summed E-state index contributed by atoms with van der Waals surface area (Å²) in [4.78, 5) is 32.2. The lowest BCUT2D eigenvalue weighted by Crippen LogP contribution is -2.40. The number of benzene rings is 2. The Hall–Kier alpha value is -3.37. The number of hydrogen-bond donors (Lipinski definition) is 1. The Morgan fingerprint density at radius 2 is 1.95 bits per heavy atom. The first kappa shape index (κ1) is 27.7. The zero-order chi connectivity index (χ0) is 27.6. The molecule has 0 unspecified atom stereocenters. The van der Waals surface area contributed by atoms with Gasteiger partial charge in [0, 0.05) is 5.56 Å². The summed E-state index contributed by atoms with van der Waals surface area (Å²) in [6.45, 7) is 9.70. The molecule has 10 heteroatoms. The van der Waals surface area contributed by atoms with E-state index in [-0.39, 0.29) is 29.6 Å². The molecule has 0 fully saturated rings. The molecule has 38 heavy (non-hydrogen) atoms. The summed E-state index contributed by atoms with van der Waals surface area (Å²) in [5.41, 5.74) is 1.78.